The fraction of sp³-hybridized carbons (Fsp3) is 0.238. The Hall–Kier alpha value is -4.06. The third-order valence-electron chi connectivity index (χ3n) is 4.27. The molecule has 0 spiro atoms. The van der Waals surface area contributed by atoms with Crippen molar-refractivity contribution in [1.29, 1.82) is 5.26 Å². The van der Waals surface area contributed by atoms with Crippen molar-refractivity contribution in [2.45, 2.75) is 27.3 Å². The normalized spacial score (nSPS) is 9.83. The summed E-state index contributed by atoms with van der Waals surface area (Å²) in [6.07, 6.45) is 0. The predicted octanol–water partition coefficient (Wildman–Crippen LogP) is 3.56. The van der Waals surface area contributed by atoms with Gasteiger partial charge in [-0.05, 0) is 50.6 Å². The number of nitrogens with zero attached hydrogens (tertiary/aromatic N) is 3. The molecule has 0 unspecified atom stereocenters. The Kier molecular flexibility index (Phi) is 7.36. The highest BCUT2D eigenvalue weighted by atomic mass is 16.5. The van der Waals surface area contributed by atoms with Crippen LogP contribution in [0.4, 0.5) is 5.82 Å². The number of ether oxygens (including phenoxy) is 1. The summed E-state index contributed by atoms with van der Waals surface area (Å²) >= 11 is 0. The Morgan fingerprint density at radius 1 is 1.27 bits per heavy atom. The van der Waals surface area contributed by atoms with Gasteiger partial charge in [0.05, 0.1) is 24.9 Å². The van der Waals surface area contributed by atoms with E-state index in [1.807, 2.05) is 26.8 Å². The Morgan fingerprint density at radius 2 is 1.97 bits per heavy atom. The Labute approximate surface area is 173 Å². The van der Waals surface area contributed by atoms with Crippen molar-refractivity contribution in [3.63, 3.8) is 0 Å². The van der Waals surface area contributed by atoms with Crippen LogP contribution >= 0.6 is 0 Å². The number of aromatic nitrogens is 2. The minimum absolute atomic E-state index is 0.0593. The molecule has 2 aromatic heterocycles. The fourth-order valence-corrected chi connectivity index (χ4v) is 2.79. The van der Waals surface area contributed by atoms with Gasteiger partial charge in [-0.3, -0.25) is 4.79 Å². The lowest BCUT2D eigenvalue weighted by Gasteiger charge is -2.08. The Morgan fingerprint density at radius 3 is 2.57 bits per heavy atom. The Balaban J connectivity index is 0.00000101. The van der Waals surface area contributed by atoms with E-state index in [9.17, 15) is 5.11 Å². The molecule has 0 bridgehead atoms. The quantitative estimate of drug-likeness (QED) is 0.538. The van der Waals surface area contributed by atoms with Crippen LogP contribution in [-0.2, 0) is 11.3 Å². The van der Waals surface area contributed by atoms with Crippen LogP contribution in [0.2, 0.25) is 0 Å². The number of carboxylic acid groups (broad SMARTS) is 1. The maximum atomic E-state index is 9.72. The van der Waals surface area contributed by atoms with E-state index in [1.165, 1.54) is 13.2 Å². The van der Waals surface area contributed by atoms with Gasteiger partial charge in [-0.1, -0.05) is 0 Å². The molecule has 3 N–H and O–H groups in total. The third kappa shape index (κ3) is 5.05. The number of pyridine rings is 1. The average molecular weight is 410 g/mol. The maximum Gasteiger partial charge on any atom is 0.290 e. The second-order valence-corrected chi connectivity index (χ2v) is 6.26. The molecule has 3 aromatic rings. The number of hydrogen-bond acceptors (Lipinski definition) is 8. The summed E-state index contributed by atoms with van der Waals surface area (Å²) in [6.45, 7) is 5.72. The van der Waals surface area contributed by atoms with Crippen molar-refractivity contribution >= 4 is 12.3 Å². The number of anilines is 1. The van der Waals surface area contributed by atoms with E-state index < -0.39 is 0 Å². The molecule has 0 saturated heterocycles. The van der Waals surface area contributed by atoms with Gasteiger partial charge in [0, 0.05) is 5.56 Å². The van der Waals surface area contributed by atoms with Crippen molar-refractivity contribution in [2.75, 3.05) is 12.4 Å². The molecule has 1 aromatic carbocycles. The summed E-state index contributed by atoms with van der Waals surface area (Å²) in [5.41, 5.74) is 3.62. The number of benzene rings is 1. The predicted molar refractivity (Wildman–Crippen MR) is 109 cm³/mol. The number of carbonyl (C=O) groups is 1. The summed E-state index contributed by atoms with van der Waals surface area (Å²) in [4.78, 5) is 17.3. The van der Waals surface area contributed by atoms with E-state index >= 15 is 0 Å². The van der Waals surface area contributed by atoms with Gasteiger partial charge in [0.25, 0.3) is 6.47 Å². The highest BCUT2D eigenvalue weighted by Gasteiger charge is 2.14. The zero-order valence-corrected chi connectivity index (χ0v) is 17.1. The van der Waals surface area contributed by atoms with Crippen LogP contribution < -0.4 is 10.1 Å². The molecular weight excluding hydrogens is 388 g/mol. The number of nitriles is 1. The van der Waals surface area contributed by atoms with Crippen molar-refractivity contribution < 1.29 is 24.2 Å². The Bertz CT molecular complexity index is 1060. The van der Waals surface area contributed by atoms with E-state index in [0.29, 0.717) is 46.6 Å². The highest BCUT2D eigenvalue weighted by Crippen LogP contribution is 2.32. The summed E-state index contributed by atoms with van der Waals surface area (Å²) in [7, 11) is 1.49. The first-order valence-electron chi connectivity index (χ1n) is 8.88. The van der Waals surface area contributed by atoms with Crippen molar-refractivity contribution in [3.8, 4) is 29.0 Å². The number of hydrogen-bond donors (Lipinski definition) is 3. The second kappa shape index (κ2) is 9.93. The summed E-state index contributed by atoms with van der Waals surface area (Å²) in [5, 5.41) is 29.0. The molecule has 0 atom stereocenters. The molecule has 0 aliphatic heterocycles. The number of rotatable bonds is 5. The van der Waals surface area contributed by atoms with Crippen molar-refractivity contribution in [1.82, 2.24) is 9.97 Å². The topological polar surface area (TPSA) is 142 Å². The van der Waals surface area contributed by atoms with E-state index in [1.54, 1.807) is 12.1 Å². The van der Waals surface area contributed by atoms with Crippen LogP contribution in [0.3, 0.4) is 0 Å². The van der Waals surface area contributed by atoms with E-state index in [0.717, 1.165) is 11.3 Å². The number of oxazole rings is 1. The molecule has 0 saturated carbocycles. The molecular formula is C21H22N4O5. The molecule has 0 fully saturated rings. The molecule has 9 heteroatoms. The molecule has 0 radical (unpaired) electrons. The van der Waals surface area contributed by atoms with Crippen LogP contribution in [0.25, 0.3) is 11.5 Å². The summed E-state index contributed by atoms with van der Waals surface area (Å²) in [6, 6.07) is 8.93. The minimum atomic E-state index is -0.250. The lowest BCUT2D eigenvalue weighted by Crippen LogP contribution is -2.05. The fourth-order valence-electron chi connectivity index (χ4n) is 2.79. The van der Waals surface area contributed by atoms with E-state index in [2.05, 4.69) is 21.4 Å². The van der Waals surface area contributed by atoms with Crippen LogP contribution in [-0.4, -0.2) is 33.8 Å². The van der Waals surface area contributed by atoms with Crippen molar-refractivity contribution in [2.24, 2.45) is 0 Å². The largest absolute Gasteiger partial charge is 0.504 e. The van der Waals surface area contributed by atoms with Gasteiger partial charge >= 0.3 is 0 Å². The van der Waals surface area contributed by atoms with E-state index in [4.69, 9.17) is 24.3 Å². The number of nitrogens with one attached hydrogen (secondary N) is 1. The number of phenols is 1. The van der Waals surface area contributed by atoms with Gasteiger partial charge in [-0.25, -0.2) is 9.97 Å². The van der Waals surface area contributed by atoms with Gasteiger partial charge < -0.3 is 24.7 Å². The molecule has 9 nitrogen and oxygen atoms in total. The maximum absolute atomic E-state index is 9.72. The van der Waals surface area contributed by atoms with Crippen LogP contribution in [0.5, 0.6) is 11.5 Å². The molecule has 0 aliphatic carbocycles. The lowest BCUT2D eigenvalue weighted by atomic mass is 10.1. The number of methoxy groups -OCH3 is 1. The summed E-state index contributed by atoms with van der Waals surface area (Å²) < 4.78 is 10.9. The third-order valence-corrected chi connectivity index (χ3v) is 4.27. The van der Waals surface area contributed by atoms with Crippen molar-refractivity contribution in [3.05, 3.63) is 52.5 Å². The second-order valence-electron chi connectivity index (χ2n) is 6.26. The number of aromatic hydroxyl groups is 1. The zero-order chi connectivity index (χ0) is 22.3. The monoisotopic (exact) mass is 410 g/mol. The molecule has 0 aliphatic rings. The average Bonchev–Trinajstić information content (AvgIpc) is 3.08. The molecule has 3 rings (SSSR count). The standard InChI is InChI=1S/C20H20N4O3.CH2O2/c1-11-7-19(23-12(2)15(11)9-21)22-10-16-13(3)27-20(24-16)14-5-6-17(25)18(8-14)26-4;2-1-3/h5-8,25H,10H2,1-4H3,(H,22,23);1H,(H,2,3). The van der Waals surface area contributed by atoms with Gasteiger partial charge in [0.2, 0.25) is 5.89 Å². The summed E-state index contributed by atoms with van der Waals surface area (Å²) in [5.74, 6) is 2.23. The number of aryl methyl sites for hydroxylation is 3. The molecule has 30 heavy (non-hydrogen) atoms. The van der Waals surface area contributed by atoms with Crippen LogP contribution in [0, 0.1) is 32.1 Å². The van der Waals surface area contributed by atoms with Crippen LogP contribution in [0.15, 0.2) is 28.7 Å². The van der Waals surface area contributed by atoms with Gasteiger partial charge in [0.15, 0.2) is 11.5 Å². The smallest absolute Gasteiger partial charge is 0.290 e. The van der Waals surface area contributed by atoms with E-state index in [-0.39, 0.29) is 12.2 Å². The first kappa shape index (κ1) is 22.2. The SMILES string of the molecule is COc1cc(-c2nc(CNc3cc(C)c(C#N)c(C)n3)c(C)o2)ccc1O.O=CO. The zero-order valence-electron chi connectivity index (χ0n) is 17.1. The lowest BCUT2D eigenvalue weighted by molar-refractivity contribution is -0.122. The van der Waals surface area contributed by atoms with Gasteiger partial charge in [0.1, 0.15) is 23.3 Å². The first-order valence-corrected chi connectivity index (χ1v) is 8.88. The van der Waals surface area contributed by atoms with Crippen LogP contribution in [0.1, 0.15) is 28.3 Å². The first-order chi connectivity index (χ1) is 14.3. The molecule has 2 heterocycles. The molecule has 0 amide bonds. The van der Waals surface area contributed by atoms with Gasteiger partial charge in [-0.2, -0.15) is 5.26 Å². The van der Waals surface area contributed by atoms with Gasteiger partial charge in [-0.15, -0.1) is 0 Å². The minimum Gasteiger partial charge on any atom is -0.504 e. The molecule has 156 valence electrons. The highest BCUT2D eigenvalue weighted by molar-refractivity contribution is 5.60. The number of phenolic OH excluding ortho intramolecular Hbond substituents is 1.